The largest absolute Gasteiger partial charge is 0.545 e. The van der Waals surface area contributed by atoms with Crippen LogP contribution in [0.5, 0.6) is 0 Å². The number of hydrogen-bond acceptors (Lipinski definition) is 8. The van der Waals surface area contributed by atoms with E-state index in [2.05, 4.69) is 50.3 Å². The topological polar surface area (TPSA) is 111 Å². The minimum absolute atomic E-state index is 0.150. The van der Waals surface area contributed by atoms with Gasteiger partial charge in [-0.3, -0.25) is 9.59 Å². The average Bonchev–Trinajstić information content (AvgIpc) is 3.45. The number of aliphatic carboxylic acids is 1. The van der Waals surface area contributed by atoms with Gasteiger partial charge < -0.3 is 33.3 Å². The van der Waals surface area contributed by atoms with Crippen molar-refractivity contribution in [2.24, 2.45) is 0 Å². The van der Waals surface area contributed by atoms with Crippen LogP contribution in [0.2, 0.25) is 0 Å². The fourth-order valence-electron chi connectivity index (χ4n) is 10.7. The van der Waals surface area contributed by atoms with Gasteiger partial charge in [0.1, 0.15) is 13.2 Å². The summed E-state index contributed by atoms with van der Waals surface area (Å²) in [6.07, 6.45) is 78.0. The Bertz CT molecular complexity index is 1440. The number of unbranched alkanes of at least 4 members (excludes halogenated alkanes) is 46. The van der Waals surface area contributed by atoms with E-state index in [9.17, 15) is 19.5 Å². The van der Waals surface area contributed by atoms with Crippen LogP contribution in [0.4, 0.5) is 0 Å². The lowest BCUT2D eigenvalue weighted by Crippen LogP contribution is -2.44. The van der Waals surface area contributed by atoms with Gasteiger partial charge in [0.05, 0.1) is 40.3 Å². The number of carboxylic acids is 1. The van der Waals surface area contributed by atoms with Gasteiger partial charge in [-0.2, -0.15) is 0 Å². The van der Waals surface area contributed by atoms with Crippen molar-refractivity contribution in [3.05, 3.63) is 36.5 Å². The van der Waals surface area contributed by atoms with Crippen LogP contribution in [0.1, 0.15) is 354 Å². The Labute approximate surface area is 509 Å². The van der Waals surface area contributed by atoms with Crippen molar-refractivity contribution in [3.8, 4) is 0 Å². The van der Waals surface area contributed by atoms with Crippen LogP contribution < -0.4 is 5.11 Å². The van der Waals surface area contributed by atoms with Crippen molar-refractivity contribution in [1.82, 2.24) is 0 Å². The first-order valence-corrected chi connectivity index (χ1v) is 35.6. The highest BCUT2D eigenvalue weighted by Crippen LogP contribution is 2.19. The van der Waals surface area contributed by atoms with Gasteiger partial charge >= 0.3 is 11.9 Å². The van der Waals surface area contributed by atoms with E-state index < -0.39 is 24.3 Å². The zero-order valence-electron chi connectivity index (χ0n) is 55.1. The monoisotopic (exact) mass is 1160 g/mol. The molecule has 0 N–H and O–H groups in total. The number of hydrogen-bond donors (Lipinski definition) is 0. The Morgan fingerprint density at radius 3 is 0.976 bits per heavy atom. The molecule has 0 radical (unpaired) electrons. The third kappa shape index (κ3) is 65.1. The van der Waals surface area contributed by atoms with Crippen molar-refractivity contribution in [2.75, 3.05) is 47.5 Å². The van der Waals surface area contributed by atoms with Gasteiger partial charge in [0.25, 0.3) is 0 Å². The first-order chi connectivity index (χ1) is 40.1. The SMILES string of the molecule is CCCCCCC/C=C\C/C=C\C/C=C\CCCCCCCCCCCCCCCCCCC(=O)OC(COC(=O)CCCCCCCCCCCCCCCCCCCCCCCCCCCC)COC(OCC[N+](C)(C)C)C(=O)[O-]. The van der Waals surface area contributed by atoms with Crippen LogP contribution in [0.3, 0.4) is 0 Å². The molecule has 2 unspecified atom stereocenters. The lowest BCUT2D eigenvalue weighted by Gasteiger charge is -2.26. The average molecular weight is 1160 g/mol. The molecule has 0 heterocycles. The van der Waals surface area contributed by atoms with E-state index >= 15 is 0 Å². The number of carboxylic acid groups (broad SMARTS) is 1. The molecule has 0 saturated carbocycles. The molecule has 0 aromatic heterocycles. The summed E-state index contributed by atoms with van der Waals surface area (Å²) in [5.74, 6) is -2.25. The van der Waals surface area contributed by atoms with E-state index in [1.165, 1.54) is 276 Å². The first kappa shape index (κ1) is 79.5. The summed E-state index contributed by atoms with van der Waals surface area (Å²) in [5, 5.41) is 11.8. The molecular formula is C73H137NO8. The molecule has 0 fully saturated rings. The highest BCUT2D eigenvalue weighted by Gasteiger charge is 2.22. The van der Waals surface area contributed by atoms with E-state index in [4.69, 9.17) is 18.9 Å². The summed E-state index contributed by atoms with van der Waals surface area (Å²) in [6, 6.07) is 0. The smallest absolute Gasteiger partial charge is 0.306 e. The van der Waals surface area contributed by atoms with Gasteiger partial charge in [0.2, 0.25) is 0 Å². The fourth-order valence-corrected chi connectivity index (χ4v) is 10.7. The number of nitrogens with zero attached hydrogens (tertiary/aromatic N) is 1. The highest BCUT2D eigenvalue weighted by molar-refractivity contribution is 5.70. The third-order valence-corrected chi connectivity index (χ3v) is 16.1. The molecule has 482 valence electrons. The fraction of sp³-hybridized carbons (Fsp3) is 0.877. The molecule has 0 aliphatic heterocycles. The van der Waals surface area contributed by atoms with Crippen LogP contribution >= 0.6 is 0 Å². The second-order valence-electron chi connectivity index (χ2n) is 25.5. The molecule has 0 rings (SSSR count). The van der Waals surface area contributed by atoms with E-state index in [-0.39, 0.29) is 32.2 Å². The predicted molar refractivity (Wildman–Crippen MR) is 348 cm³/mol. The maximum atomic E-state index is 12.9. The zero-order chi connectivity index (χ0) is 59.8. The molecule has 9 nitrogen and oxygen atoms in total. The molecule has 0 bridgehead atoms. The molecular weight excluding hydrogens is 1020 g/mol. The van der Waals surface area contributed by atoms with Crippen molar-refractivity contribution >= 4 is 17.9 Å². The normalized spacial score (nSPS) is 12.8. The van der Waals surface area contributed by atoms with E-state index in [0.29, 0.717) is 23.9 Å². The highest BCUT2D eigenvalue weighted by atomic mass is 16.7. The third-order valence-electron chi connectivity index (χ3n) is 16.1. The number of allylic oxidation sites excluding steroid dienone is 6. The van der Waals surface area contributed by atoms with E-state index in [1.54, 1.807) is 0 Å². The Morgan fingerprint density at radius 1 is 0.366 bits per heavy atom. The second kappa shape index (κ2) is 64.5. The molecule has 0 saturated heterocycles. The van der Waals surface area contributed by atoms with Gasteiger partial charge in [-0.25, -0.2) is 0 Å². The second-order valence-corrected chi connectivity index (χ2v) is 25.5. The predicted octanol–water partition coefficient (Wildman–Crippen LogP) is 20.6. The number of likely N-dealkylation sites (N-methyl/N-ethyl adjacent to an activating group) is 1. The van der Waals surface area contributed by atoms with Gasteiger partial charge in [-0.1, -0.05) is 326 Å². The summed E-state index contributed by atoms with van der Waals surface area (Å²) < 4.78 is 22.8. The van der Waals surface area contributed by atoms with Gasteiger partial charge in [0, 0.05) is 12.8 Å². The van der Waals surface area contributed by atoms with Crippen molar-refractivity contribution in [1.29, 1.82) is 0 Å². The summed E-state index contributed by atoms with van der Waals surface area (Å²) >= 11 is 0. The molecule has 0 aromatic carbocycles. The molecule has 2 atom stereocenters. The Balaban J connectivity index is 4.07. The number of carbonyl (C=O) groups is 3. The van der Waals surface area contributed by atoms with Crippen LogP contribution in [0.15, 0.2) is 36.5 Å². The minimum Gasteiger partial charge on any atom is -0.545 e. The van der Waals surface area contributed by atoms with Crippen LogP contribution in [-0.4, -0.2) is 82.3 Å². The van der Waals surface area contributed by atoms with Crippen LogP contribution in [-0.2, 0) is 33.3 Å². The van der Waals surface area contributed by atoms with Gasteiger partial charge in [-0.05, 0) is 51.4 Å². The number of esters is 2. The van der Waals surface area contributed by atoms with Crippen molar-refractivity contribution < 1.29 is 42.9 Å². The number of carbonyl (C=O) groups excluding carboxylic acids is 3. The summed E-state index contributed by atoms with van der Waals surface area (Å²) in [6.45, 7) is 4.81. The first-order valence-electron chi connectivity index (χ1n) is 35.6. The lowest BCUT2D eigenvalue weighted by molar-refractivity contribution is -0.870. The summed E-state index contributed by atoms with van der Waals surface area (Å²) in [4.78, 5) is 37.5. The quantitative estimate of drug-likeness (QED) is 0.0195. The Morgan fingerprint density at radius 2 is 0.659 bits per heavy atom. The molecule has 82 heavy (non-hydrogen) atoms. The molecule has 9 heteroatoms. The van der Waals surface area contributed by atoms with E-state index in [0.717, 1.165) is 44.9 Å². The van der Waals surface area contributed by atoms with Crippen molar-refractivity contribution in [3.63, 3.8) is 0 Å². The summed E-state index contributed by atoms with van der Waals surface area (Å²) in [5.41, 5.74) is 0. The van der Waals surface area contributed by atoms with Crippen molar-refractivity contribution in [2.45, 2.75) is 367 Å². The number of rotatable bonds is 67. The van der Waals surface area contributed by atoms with Gasteiger partial charge in [0.15, 0.2) is 12.4 Å². The van der Waals surface area contributed by atoms with Crippen LogP contribution in [0.25, 0.3) is 0 Å². The molecule has 0 amide bonds. The lowest BCUT2D eigenvalue weighted by atomic mass is 10.0. The van der Waals surface area contributed by atoms with Gasteiger partial charge in [-0.15, -0.1) is 0 Å². The summed E-state index contributed by atoms with van der Waals surface area (Å²) in [7, 11) is 5.94. The van der Waals surface area contributed by atoms with E-state index in [1.807, 2.05) is 21.1 Å². The minimum atomic E-state index is -1.62. The Kier molecular flexibility index (Phi) is 62.5. The standard InChI is InChI=1S/C73H137NO8/c1-6-8-10-12-14-16-18-20-22-24-26-28-30-32-34-35-36-37-38-40-42-44-46-48-50-52-54-56-58-60-62-64-71(76)82-69(68-81-73(72(77)78)79-66-65-74(3,4)5)67-80-70(75)63-61-59-57-55-53-51-49-47-45-43-41-39-33-31-29-27-25-23-21-19-17-15-13-11-9-7-2/h18,20,24,26,30,32,69,73H,6-17,19,21-23,25,27-29,31,33-68H2,1-5H3/b20-18-,26-24-,32-30-. The molecule has 0 spiro atoms. The Hall–Kier alpha value is -2.49. The number of quaternary nitrogens is 1. The maximum Gasteiger partial charge on any atom is 0.306 e. The molecule has 0 aliphatic carbocycles. The zero-order valence-corrected chi connectivity index (χ0v) is 55.1. The maximum absolute atomic E-state index is 12.9. The van der Waals surface area contributed by atoms with Crippen LogP contribution in [0, 0.1) is 0 Å². The number of ether oxygens (including phenoxy) is 4. The molecule has 0 aromatic rings. The molecule has 0 aliphatic rings.